The van der Waals surface area contributed by atoms with Crippen LogP contribution < -0.4 is 16.0 Å². The highest BCUT2D eigenvalue weighted by molar-refractivity contribution is 7.15. The summed E-state index contributed by atoms with van der Waals surface area (Å²) < 4.78 is 78.0. The van der Waals surface area contributed by atoms with Gasteiger partial charge in [0, 0.05) is 29.2 Å². The Morgan fingerprint density at radius 3 is 1.76 bits per heavy atom. The van der Waals surface area contributed by atoms with Crippen LogP contribution in [0.15, 0.2) is 42.5 Å². The number of carboxylic acid groups (broad SMARTS) is 2. The number of carboxylic acids is 2. The summed E-state index contributed by atoms with van der Waals surface area (Å²) in [5.74, 6) is -6.01. The fourth-order valence-electron chi connectivity index (χ4n) is 3.39. The Morgan fingerprint density at radius 2 is 1.32 bits per heavy atom. The number of rotatable bonds is 4. The Kier molecular flexibility index (Phi) is 12.0. The van der Waals surface area contributed by atoms with Crippen molar-refractivity contribution in [3.63, 3.8) is 0 Å². The molecular weight excluding hydrogens is 587 g/mol. The van der Waals surface area contributed by atoms with E-state index in [1.807, 2.05) is 18.2 Å². The Balaban J connectivity index is 0.000000349. The zero-order valence-corrected chi connectivity index (χ0v) is 21.8. The largest absolute Gasteiger partial charge is 0.490 e. The van der Waals surface area contributed by atoms with Gasteiger partial charge >= 0.3 is 24.3 Å². The maximum atomic E-state index is 14.5. The summed E-state index contributed by atoms with van der Waals surface area (Å²) in [7, 11) is 0. The summed E-state index contributed by atoms with van der Waals surface area (Å²) in [6.07, 6.45) is -4.20. The maximum Gasteiger partial charge on any atom is 0.490 e. The first-order chi connectivity index (χ1) is 19.1. The molecular formula is C25H24F7N3O5S. The van der Waals surface area contributed by atoms with E-state index >= 15 is 0 Å². The molecule has 0 bridgehead atoms. The smallest absolute Gasteiger partial charge is 0.475 e. The van der Waals surface area contributed by atoms with Gasteiger partial charge < -0.3 is 26.2 Å². The molecule has 1 aromatic heterocycles. The minimum absolute atomic E-state index is 0.200. The molecule has 1 amide bonds. The average molecular weight is 612 g/mol. The fraction of sp³-hybridized carbons (Fsp3) is 0.320. The maximum absolute atomic E-state index is 14.5. The Morgan fingerprint density at radius 1 is 0.805 bits per heavy atom. The van der Waals surface area contributed by atoms with Gasteiger partial charge in [-0.05, 0) is 67.4 Å². The first-order valence-corrected chi connectivity index (χ1v) is 12.5. The van der Waals surface area contributed by atoms with Crippen LogP contribution in [0, 0.1) is 5.82 Å². The molecule has 41 heavy (non-hydrogen) atoms. The molecule has 2 aliphatic rings. The molecule has 8 nitrogen and oxygen atoms in total. The normalized spacial score (nSPS) is 15.2. The van der Waals surface area contributed by atoms with E-state index in [2.05, 4.69) is 22.0 Å². The fourth-order valence-corrected chi connectivity index (χ4v) is 4.36. The molecule has 3 heterocycles. The van der Waals surface area contributed by atoms with Crippen LogP contribution in [-0.2, 0) is 9.59 Å². The second-order valence-electron chi connectivity index (χ2n) is 8.29. The Hall–Kier alpha value is -3.76. The molecule has 2 aromatic rings. The van der Waals surface area contributed by atoms with Crippen LogP contribution in [0.2, 0.25) is 0 Å². The number of nitrogens with one attached hydrogen (secondary N) is 3. The number of hydrogen-bond donors (Lipinski definition) is 5. The SMILES string of the molecule is O=C(Nc1ccc(C2=CCNCC2)c(F)c1)c1ccc(C2=CCNCC2)s1.O=C(O)C(F)(F)F.O=C(O)C(F)(F)F. The highest BCUT2D eigenvalue weighted by Gasteiger charge is 2.38. The lowest BCUT2D eigenvalue weighted by Crippen LogP contribution is -2.21. The van der Waals surface area contributed by atoms with Crippen LogP contribution in [0.1, 0.15) is 33.0 Å². The van der Waals surface area contributed by atoms with Crippen LogP contribution in [0.5, 0.6) is 0 Å². The van der Waals surface area contributed by atoms with Gasteiger partial charge in [0.25, 0.3) is 5.91 Å². The Bertz CT molecular complexity index is 1280. The predicted molar refractivity (Wildman–Crippen MR) is 137 cm³/mol. The van der Waals surface area contributed by atoms with Gasteiger partial charge in [-0.15, -0.1) is 11.3 Å². The standard InChI is InChI=1S/C21H22FN3OS.2C2HF3O2/c22-18-13-16(1-2-17(18)14-5-9-23-10-6-14)25-21(26)20-4-3-19(27-20)15-7-11-24-12-8-15;2*3-2(4,5)1(6)7/h1-5,7,13,23-24H,6,8-12H2,(H,25,26);2*(H,6,7). The number of thiophene rings is 1. The molecule has 0 aliphatic carbocycles. The first kappa shape index (κ1) is 33.4. The van der Waals surface area contributed by atoms with Gasteiger partial charge in [-0.1, -0.05) is 12.2 Å². The lowest BCUT2D eigenvalue weighted by molar-refractivity contribution is -0.193. The monoisotopic (exact) mass is 611 g/mol. The first-order valence-electron chi connectivity index (χ1n) is 11.7. The number of alkyl halides is 6. The zero-order chi connectivity index (χ0) is 30.8. The lowest BCUT2D eigenvalue weighted by Gasteiger charge is -2.15. The average Bonchev–Trinajstić information content (AvgIpc) is 3.40. The summed E-state index contributed by atoms with van der Waals surface area (Å²) in [6, 6.07) is 8.75. The van der Waals surface area contributed by atoms with Crippen molar-refractivity contribution in [2.75, 3.05) is 31.5 Å². The summed E-state index contributed by atoms with van der Waals surface area (Å²) in [5.41, 5.74) is 3.39. The van der Waals surface area contributed by atoms with Gasteiger partial charge in [0.15, 0.2) is 0 Å². The van der Waals surface area contributed by atoms with E-state index in [0.717, 1.165) is 49.5 Å². The highest BCUT2D eigenvalue weighted by Crippen LogP contribution is 2.29. The number of halogens is 7. The number of hydrogen-bond acceptors (Lipinski definition) is 6. The molecule has 0 atom stereocenters. The van der Waals surface area contributed by atoms with Crippen molar-refractivity contribution < 1.29 is 55.3 Å². The lowest BCUT2D eigenvalue weighted by atomic mass is 9.99. The molecule has 0 unspecified atom stereocenters. The van der Waals surface area contributed by atoms with Gasteiger partial charge in [-0.2, -0.15) is 26.3 Å². The molecule has 4 rings (SSSR count). The zero-order valence-electron chi connectivity index (χ0n) is 21.0. The van der Waals surface area contributed by atoms with Gasteiger partial charge in [0.2, 0.25) is 0 Å². The van der Waals surface area contributed by atoms with Crippen molar-refractivity contribution in [2.24, 2.45) is 0 Å². The molecule has 0 fully saturated rings. The number of carbonyl (C=O) groups excluding carboxylic acids is 1. The van der Waals surface area contributed by atoms with Crippen molar-refractivity contribution in [1.82, 2.24) is 10.6 Å². The van der Waals surface area contributed by atoms with Crippen LogP contribution in [-0.4, -0.2) is 66.6 Å². The van der Waals surface area contributed by atoms with Gasteiger partial charge in [0.1, 0.15) is 5.82 Å². The molecule has 5 N–H and O–H groups in total. The summed E-state index contributed by atoms with van der Waals surface area (Å²) in [5, 5.41) is 23.6. The van der Waals surface area contributed by atoms with Gasteiger partial charge in [-0.3, -0.25) is 4.79 Å². The van der Waals surface area contributed by atoms with Gasteiger partial charge in [-0.25, -0.2) is 14.0 Å². The molecule has 0 spiro atoms. The second kappa shape index (κ2) is 14.7. The molecule has 0 radical (unpaired) electrons. The van der Waals surface area contributed by atoms with Crippen LogP contribution in [0.3, 0.4) is 0 Å². The molecule has 0 saturated heterocycles. The van der Waals surface area contributed by atoms with Crippen LogP contribution >= 0.6 is 11.3 Å². The minimum atomic E-state index is -5.08. The van der Waals surface area contributed by atoms with Crippen molar-refractivity contribution in [2.45, 2.75) is 25.2 Å². The quantitative estimate of drug-likeness (QED) is 0.303. The number of aliphatic carboxylic acids is 2. The van der Waals surface area contributed by atoms with E-state index in [-0.39, 0.29) is 11.7 Å². The van der Waals surface area contributed by atoms with Crippen LogP contribution in [0.4, 0.5) is 36.4 Å². The second-order valence-corrected chi connectivity index (χ2v) is 9.37. The molecule has 2 aliphatic heterocycles. The van der Waals surface area contributed by atoms with Gasteiger partial charge in [0.05, 0.1) is 4.88 Å². The van der Waals surface area contributed by atoms with Crippen molar-refractivity contribution in [3.8, 4) is 0 Å². The summed E-state index contributed by atoms with van der Waals surface area (Å²) in [4.78, 5) is 32.1. The number of carbonyl (C=O) groups is 3. The van der Waals surface area contributed by atoms with E-state index in [0.29, 0.717) is 16.1 Å². The number of anilines is 1. The highest BCUT2D eigenvalue weighted by atomic mass is 32.1. The van der Waals surface area contributed by atoms with E-state index in [9.17, 15) is 35.5 Å². The molecule has 1 aromatic carbocycles. The third-order valence-electron chi connectivity index (χ3n) is 5.33. The molecule has 0 saturated carbocycles. The minimum Gasteiger partial charge on any atom is -0.475 e. The van der Waals surface area contributed by atoms with Crippen molar-refractivity contribution >= 4 is 46.0 Å². The van der Waals surface area contributed by atoms with Crippen molar-refractivity contribution in [1.29, 1.82) is 0 Å². The van der Waals surface area contributed by atoms with E-state index in [4.69, 9.17) is 19.8 Å². The van der Waals surface area contributed by atoms with Crippen molar-refractivity contribution in [3.05, 3.63) is 63.6 Å². The number of benzene rings is 1. The Labute approximate surface area is 232 Å². The third kappa shape index (κ3) is 11.0. The third-order valence-corrected chi connectivity index (χ3v) is 6.49. The summed E-state index contributed by atoms with van der Waals surface area (Å²) in [6.45, 7) is 3.45. The van der Waals surface area contributed by atoms with E-state index in [1.54, 1.807) is 12.1 Å². The topological polar surface area (TPSA) is 128 Å². The predicted octanol–water partition coefficient (Wildman–Crippen LogP) is 5.16. The molecule has 224 valence electrons. The van der Waals surface area contributed by atoms with Crippen LogP contribution in [0.25, 0.3) is 11.1 Å². The van der Waals surface area contributed by atoms with E-state index in [1.165, 1.54) is 23.0 Å². The van der Waals surface area contributed by atoms with E-state index < -0.39 is 24.3 Å². The number of amides is 1. The summed E-state index contributed by atoms with van der Waals surface area (Å²) >= 11 is 1.48. The molecule has 16 heteroatoms.